The maximum atomic E-state index is 12.7. The molecule has 0 aliphatic heterocycles. The van der Waals surface area contributed by atoms with E-state index >= 15 is 0 Å². The Labute approximate surface area is 149 Å². The van der Waals surface area contributed by atoms with Crippen LogP contribution >= 0.6 is 15.9 Å². The van der Waals surface area contributed by atoms with Gasteiger partial charge in [-0.1, -0.05) is 65.0 Å². The highest BCUT2D eigenvalue weighted by Crippen LogP contribution is 2.25. The van der Waals surface area contributed by atoms with Gasteiger partial charge in [0, 0.05) is 4.47 Å². The summed E-state index contributed by atoms with van der Waals surface area (Å²) in [5, 5.41) is 2.67. The molecule has 1 unspecified atom stereocenters. The zero-order valence-electron chi connectivity index (χ0n) is 13.3. The summed E-state index contributed by atoms with van der Waals surface area (Å²) >= 11 is 3.36. The number of carbonyl (C=O) groups excluding carboxylic acids is 2. The first-order valence-electron chi connectivity index (χ1n) is 7.37. The summed E-state index contributed by atoms with van der Waals surface area (Å²) in [6, 6.07) is 16.5. The van der Waals surface area contributed by atoms with Crippen molar-refractivity contribution in [3.8, 4) is 0 Å². The standard InChI is InChI=1S/C19H18BrNO3/c1-3-17(22)21-19(2,15-9-11-16(20)12-10-15)18(23)24-13-14-7-5-4-6-8-14/h3-12H,1,13H2,2H3,(H,21,22). The average molecular weight is 388 g/mol. The average Bonchev–Trinajstić information content (AvgIpc) is 2.60. The molecule has 124 valence electrons. The molecule has 2 aromatic carbocycles. The fourth-order valence-corrected chi connectivity index (χ4v) is 2.45. The van der Waals surface area contributed by atoms with E-state index in [9.17, 15) is 9.59 Å². The van der Waals surface area contributed by atoms with Gasteiger partial charge in [-0.25, -0.2) is 4.79 Å². The Morgan fingerprint density at radius 2 is 1.79 bits per heavy atom. The Bertz CT molecular complexity index is 728. The molecular formula is C19H18BrNO3. The van der Waals surface area contributed by atoms with E-state index in [-0.39, 0.29) is 6.61 Å². The van der Waals surface area contributed by atoms with Gasteiger partial charge in [0.1, 0.15) is 6.61 Å². The second-order valence-corrected chi connectivity index (χ2v) is 6.30. The summed E-state index contributed by atoms with van der Waals surface area (Å²) in [6.45, 7) is 5.18. The molecule has 0 aliphatic rings. The van der Waals surface area contributed by atoms with Crippen molar-refractivity contribution in [3.05, 3.63) is 82.9 Å². The number of carbonyl (C=O) groups is 2. The van der Waals surface area contributed by atoms with E-state index in [2.05, 4.69) is 27.8 Å². The predicted molar refractivity (Wildman–Crippen MR) is 96.1 cm³/mol. The lowest BCUT2D eigenvalue weighted by Gasteiger charge is -2.28. The van der Waals surface area contributed by atoms with Crippen LogP contribution < -0.4 is 5.32 Å². The summed E-state index contributed by atoms with van der Waals surface area (Å²) in [4.78, 5) is 24.5. The van der Waals surface area contributed by atoms with Crippen molar-refractivity contribution in [2.45, 2.75) is 19.1 Å². The molecular weight excluding hydrogens is 370 g/mol. The Kier molecular flexibility index (Phi) is 5.93. The predicted octanol–water partition coefficient (Wildman–Crippen LogP) is 3.71. The zero-order valence-corrected chi connectivity index (χ0v) is 14.9. The maximum absolute atomic E-state index is 12.7. The molecule has 4 nitrogen and oxygen atoms in total. The van der Waals surface area contributed by atoms with Crippen molar-refractivity contribution in [2.24, 2.45) is 0 Å². The van der Waals surface area contributed by atoms with Gasteiger partial charge in [0.2, 0.25) is 5.91 Å². The van der Waals surface area contributed by atoms with Crippen molar-refractivity contribution in [2.75, 3.05) is 0 Å². The van der Waals surface area contributed by atoms with Crippen LogP contribution in [0.1, 0.15) is 18.1 Å². The van der Waals surface area contributed by atoms with Crippen LogP contribution in [0.4, 0.5) is 0 Å². The van der Waals surface area contributed by atoms with E-state index in [0.29, 0.717) is 5.56 Å². The molecule has 0 aliphatic carbocycles. The van der Waals surface area contributed by atoms with Crippen LogP contribution in [0.5, 0.6) is 0 Å². The number of benzene rings is 2. The molecule has 2 rings (SSSR count). The van der Waals surface area contributed by atoms with Crippen LogP contribution in [0.2, 0.25) is 0 Å². The first-order valence-corrected chi connectivity index (χ1v) is 8.17. The van der Waals surface area contributed by atoms with Crippen LogP contribution in [0.15, 0.2) is 71.7 Å². The van der Waals surface area contributed by atoms with Crippen molar-refractivity contribution < 1.29 is 14.3 Å². The number of ether oxygens (including phenoxy) is 1. The highest BCUT2D eigenvalue weighted by molar-refractivity contribution is 9.10. The summed E-state index contributed by atoms with van der Waals surface area (Å²) in [5.41, 5.74) is 0.193. The first kappa shape index (κ1) is 17.9. The van der Waals surface area contributed by atoms with Gasteiger partial charge >= 0.3 is 5.97 Å². The second-order valence-electron chi connectivity index (χ2n) is 5.39. The van der Waals surface area contributed by atoms with E-state index in [1.807, 2.05) is 30.3 Å². The Hall–Kier alpha value is -2.40. The number of esters is 1. The second kappa shape index (κ2) is 7.93. The largest absolute Gasteiger partial charge is 0.459 e. The Morgan fingerprint density at radius 3 is 2.38 bits per heavy atom. The normalized spacial score (nSPS) is 12.8. The molecule has 0 bridgehead atoms. The maximum Gasteiger partial charge on any atom is 0.336 e. The minimum atomic E-state index is -1.30. The van der Waals surface area contributed by atoms with Gasteiger partial charge in [0.15, 0.2) is 5.54 Å². The van der Waals surface area contributed by atoms with Crippen molar-refractivity contribution in [3.63, 3.8) is 0 Å². The number of amides is 1. The molecule has 0 saturated carbocycles. The Morgan fingerprint density at radius 1 is 1.17 bits per heavy atom. The van der Waals surface area contributed by atoms with Gasteiger partial charge in [0.05, 0.1) is 0 Å². The minimum absolute atomic E-state index is 0.135. The fraction of sp³-hybridized carbons (Fsp3) is 0.158. The van der Waals surface area contributed by atoms with Crippen LogP contribution in [-0.2, 0) is 26.5 Å². The van der Waals surface area contributed by atoms with Gasteiger partial charge in [0.25, 0.3) is 0 Å². The molecule has 0 radical (unpaired) electrons. The van der Waals surface area contributed by atoms with E-state index in [4.69, 9.17) is 4.74 Å². The quantitative estimate of drug-likeness (QED) is 0.607. The first-order chi connectivity index (χ1) is 11.5. The number of rotatable bonds is 6. The SMILES string of the molecule is C=CC(=O)NC(C)(C(=O)OCc1ccccc1)c1ccc(Br)cc1. The number of nitrogens with one attached hydrogen (secondary N) is 1. The lowest BCUT2D eigenvalue weighted by Crippen LogP contribution is -2.49. The van der Waals surface area contributed by atoms with Gasteiger partial charge in [-0.05, 0) is 36.3 Å². The molecule has 1 atom stereocenters. The molecule has 1 amide bonds. The van der Waals surface area contributed by atoms with Gasteiger partial charge in [-0.2, -0.15) is 0 Å². The van der Waals surface area contributed by atoms with Gasteiger partial charge in [-0.3, -0.25) is 4.79 Å². The summed E-state index contributed by atoms with van der Waals surface area (Å²) < 4.78 is 6.30. The molecule has 0 aromatic heterocycles. The summed E-state index contributed by atoms with van der Waals surface area (Å²) in [5.74, 6) is -0.985. The summed E-state index contributed by atoms with van der Waals surface area (Å²) in [7, 11) is 0. The smallest absolute Gasteiger partial charge is 0.336 e. The monoisotopic (exact) mass is 387 g/mol. The number of halogens is 1. The molecule has 5 heteroatoms. The molecule has 1 N–H and O–H groups in total. The van der Waals surface area contributed by atoms with Crippen molar-refractivity contribution >= 4 is 27.8 Å². The highest BCUT2D eigenvalue weighted by Gasteiger charge is 2.38. The topological polar surface area (TPSA) is 55.4 Å². The molecule has 0 fully saturated rings. The number of hydrogen-bond donors (Lipinski definition) is 1. The van der Waals surface area contributed by atoms with Crippen LogP contribution in [0.25, 0.3) is 0 Å². The van der Waals surface area contributed by atoms with Crippen LogP contribution in [-0.4, -0.2) is 11.9 Å². The van der Waals surface area contributed by atoms with E-state index < -0.39 is 17.4 Å². The van der Waals surface area contributed by atoms with Crippen LogP contribution in [0.3, 0.4) is 0 Å². The van der Waals surface area contributed by atoms with E-state index in [0.717, 1.165) is 16.1 Å². The van der Waals surface area contributed by atoms with Crippen LogP contribution in [0, 0.1) is 0 Å². The van der Waals surface area contributed by atoms with E-state index in [1.54, 1.807) is 31.2 Å². The fourth-order valence-electron chi connectivity index (χ4n) is 2.19. The van der Waals surface area contributed by atoms with Gasteiger partial charge < -0.3 is 10.1 Å². The molecule has 0 saturated heterocycles. The molecule has 24 heavy (non-hydrogen) atoms. The third kappa shape index (κ3) is 4.32. The summed E-state index contributed by atoms with van der Waals surface area (Å²) in [6.07, 6.45) is 1.13. The Balaban J connectivity index is 2.24. The highest BCUT2D eigenvalue weighted by atomic mass is 79.9. The molecule has 2 aromatic rings. The lowest BCUT2D eigenvalue weighted by atomic mass is 9.92. The lowest BCUT2D eigenvalue weighted by molar-refractivity contribution is -0.154. The van der Waals surface area contributed by atoms with Gasteiger partial charge in [-0.15, -0.1) is 0 Å². The molecule has 0 spiro atoms. The third-order valence-corrected chi connectivity index (χ3v) is 4.13. The zero-order chi connectivity index (χ0) is 17.6. The minimum Gasteiger partial charge on any atom is -0.459 e. The molecule has 0 heterocycles. The van der Waals surface area contributed by atoms with Crippen molar-refractivity contribution in [1.82, 2.24) is 5.32 Å². The third-order valence-electron chi connectivity index (χ3n) is 3.60. The van der Waals surface area contributed by atoms with E-state index in [1.165, 1.54) is 0 Å². The number of hydrogen-bond acceptors (Lipinski definition) is 3. The van der Waals surface area contributed by atoms with Crippen molar-refractivity contribution in [1.29, 1.82) is 0 Å².